The van der Waals surface area contributed by atoms with E-state index in [0.29, 0.717) is 12.5 Å². The molecule has 0 saturated heterocycles. The van der Waals surface area contributed by atoms with Gasteiger partial charge in [-0.15, -0.1) is 0 Å². The number of para-hydroxylation sites is 1. The molecule has 1 aromatic heterocycles. The van der Waals surface area contributed by atoms with E-state index in [9.17, 15) is 4.79 Å². The maximum atomic E-state index is 12.3. The lowest BCUT2D eigenvalue weighted by Gasteiger charge is -2.21. The standard InChI is InChI=1S/C16H22N2O/c1-11(2)10-18-13-9-7-6-8-12(13)14(16(3,4)5)17-15(18)19/h6-9,11H,10H2,1-5H3. The van der Waals surface area contributed by atoms with Crippen LogP contribution in [0.2, 0.25) is 0 Å². The van der Waals surface area contributed by atoms with E-state index in [1.165, 1.54) is 0 Å². The van der Waals surface area contributed by atoms with E-state index in [1.54, 1.807) is 4.57 Å². The van der Waals surface area contributed by atoms with E-state index in [-0.39, 0.29) is 11.1 Å². The van der Waals surface area contributed by atoms with Crippen molar-refractivity contribution in [2.45, 2.75) is 46.6 Å². The molecule has 2 rings (SSSR count). The molecule has 19 heavy (non-hydrogen) atoms. The Morgan fingerprint density at radius 1 is 1.21 bits per heavy atom. The van der Waals surface area contributed by atoms with Gasteiger partial charge < -0.3 is 0 Å². The molecule has 0 aliphatic rings. The van der Waals surface area contributed by atoms with Gasteiger partial charge in [-0.3, -0.25) is 4.57 Å². The lowest BCUT2D eigenvalue weighted by Crippen LogP contribution is -2.30. The van der Waals surface area contributed by atoms with Crippen LogP contribution >= 0.6 is 0 Å². The summed E-state index contributed by atoms with van der Waals surface area (Å²) in [7, 11) is 0. The van der Waals surface area contributed by atoms with E-state index in [2.05, 4.69) is 45.7 Å². The summed E-state index contributed by atoms with van der Waals surface area (Å²) in [6.45, 7) is 11.2. The van der Waals surface area contributed by atoms with Crippen molar-refractivity contribution in [1.29, 1.82) is 0 Å². The number of fused-ring (bicyclic) bond motifs is 1. The summed E-state index contributed by atoms with van der Waals surface area (Å²) in [5, 5.41) is 1.08. The average molecular weight is 258 g/mol. The van der Waals surface area contributed by atoms with Gasteiger partial charge in [0.2, 0.25) is 0 Å². The first kappa shape index (κ1) is 13.8. The highest BCUT2D eigenvalue weighted by atomic mass is 16.1. The molecule has 0 amide bonds. The minimum absolute atomic E-state index is 0.129. The Labute approximate surface area is 114 Å². The fourth-order valence-corrected chi connectivity index (χ4v) is 2.34. The first-order valence-corrected chi connectivity index (χ1v) is 6.81. The summed E-state index contributed by atoms with van der Waals surface area (Å²) in [5.74, 6) is 0.420. The zero-order valence-electron chi connectivity index (χ0n) is 12.4. The molecule has 0 atom stereocenters. The van der Waals surface area contributed by atoms with Gasteiger partial charge in [0.1, 0.15) is 0 Å². The van der Waals surface area contributed by atoms with Crippen LogP contribution in [-0.4, -0.2) is 9.55 Å². The Bertz CT molecular complexity index is 648. The molecule has 1 heterocycles. The van der Waals surface area contributed by atoms with Gasteiger partial charge >= 0.3 is 5.69 Å². The van der Waals surface area contributed by atoms with Gasteiger partial charge in [-0.2, -0.15) is 4.98 Å². The molecule has 0 saturated carbocycles. The van der Waals surface area contributed by atoms with E-state index >= 15 is 0 Å². The number of hydrogen-bond donors (Lipinski definition) is 0. The molecule has 2 aromatic rings. The summed E-state index contributed by atoms with van der Waals surface area (Å²) in [4.78, 5) is 16.6. The van der Waals surface area contributed by atoms with Gasteiger partial charge in [0.15, 0.2) is 0 Å². The first-order valence-electron chi connectivity index (χ1n) is 6.81. The van der Waals surface area contributed by atoms with Crippen molar-refractivity contribution in [1.82, 2.24) is 9.55 Å². The topological polar surface area (TPSA) is 34.9 Å². The number of rotatable bonds is 2. The van der Waals surface area contributed by atoms with Crippen LogP contribution < -0.4 is 5.69 Å². The molecule has 0 aliphatic carbocycles. The van der Waals surface area contributed by atoms with Crippen molar-refractivity contribution < 1.29 is 0 Å². The quantitative estimate of drug-likeness (QED) is 0.828. The largest absolute Gasteiger partial charge is 0.348 e. The highest BCUT2D eigenvalue weighted by Gasteiger charge is 2.21. The first-order chi connectivity index (χ1) is 8.80. The highest BCUT2D eigenvalue weighted by molar-refractivity contribution is 5.82. The predicted octanol–water partition coefficient (Wildman–Crippen LogP) is 3.35. The van der Waals surface area contributed by atoms with Crippen molar-refractivity contribution in [3.05, 3.63) is 40.4 Å². The van der Waals surface area contributed by atoms with Crippen LogP contribution in [0, 0.1) is 5.92 Å². The number of aromatic nitrogens is 2. The van der Waals surface area contributed by atoms with Crippen LogP contribution in [0.1, 0.15) is 40.3 Å². The Morgan fingerprint density at radius 3 is 2.42 bits per heavy atom. The number of benzene rings is 1. The van der Waals surface area contributed by atoms with E-state index in [1.807, 2.05) is 18.2 Å². The Kier molecular flexibility index (Phi) is 3.48. The lowest BCUT2D eigenvalue weighted by atomic mass is 9.89. The molecular formula is C16H22N2O. The van der Waals surface area contributed by atoms with Gasteiger partial charge in [0.25, 0.3) is 0 Å². The van der Waals surface area contributed by atoms with E-state index in [4.69, 9.17) is 0 Å². The molecule has 0 unspecified atom stereocenters. The molecule has 0 fully saturated rings. The lowest BCUT2D eigenvalue weighted by molar-refractivity contribution is 0.506. The fourth-order valence-electron chi connectivity index (χ4n) is 2.34. The Morgan fingerprint density at radius 2 is 1.84 bits per heavy atom. The second-order valence-corrected chi connectivity index (χ2v) is 6.51. The monoisotopic (exact) mass is 258 g/mol. The van der Waals surface area contributed by atoms with Gasteiger partial charge in [0, 0.05) is 17.3 Å². The van der Waals surface area contributed by atoms with Crippen molar-refractivity contribution in [2.24, 2.45) is 5.92 Å². The molecule has 0 N–H and O–H groups in total. The maximum absolute atomic E-state index is 12.3. The SMILES string of the molecule is CC(C)Cn1c(=O)nc(C(C)(C)C)c2ccccc21. The van der Waals surface area contributed by atoms with Crippen molar-refractivity contribution in [3.8, 4) is 0 Å². The highest BCUT2D eigenvalue weighted by Crippen LogP contribution is 2.26. The van der Waals surface area contributed by atoms with Crippen molar-refractivity contribution in [2.75, 3.05) is 0 Å². The zero-order chi connectivity index (χ0) is 14.2. The van der Waals surface area contributed by atoms with Crippen molar-refractivity contribution >= 4 is 10.9 Å². The number of hydrogen-bond acceptors (Lipinski definition) is 2. The second kappa shape index (κ2) is 4.80. The smallest absolute Gasteiger partial charge is 0.292 e. The molecule has 0 spiro atoms. The molecule has 102 valence electrons. The Balaban J connectivity index is 2.81. The minimum Gasteiger partial charge on any atom is -0.292 e. The second-order valence-electron chi connectivity index (χ2n) is 6.51. The zero-order valence-corrected chi connectivity index (χ0v) is 12.4. The van der Waals surface area contributed by atoms with E-state index in [0.717, 1.165) is 16.6 Å². The summed E-state index contributed by atoms with van der Waals surface area (Å²) in [6, 6.07) is 8.05. The normalized spacial score (nSPS) is 12.3. The van der Waals surface area contributed by atoms with E-state index < -0.39 is 0 Å². The summed E-state index contributed by atoms with van der Waals surface area (Å²) in [6.07, 6.45) is 0. The molecule has 0 aliphatic heterocycles. The summed E-state index contributed by atoms with van der Waals surface area (Å²) >= 11 is 0. The van der Waals surface area contributed by atoms with Gasteiger partial charge in [-0.25, -0.2) is 4.79 Å². The molecular weight excluding hydrogens is 236 g/mol. The Hall–Kier alpha value is -1.64. The molecule has 1 aromatic carbocycles. The van der Waals surface area contributed by atoms with Crippen molar-refractivity contribution in [3.63, 3.8) is 0 Å². The molecule has 0 bridgehead atoms. The van der Waals surface area contributed by atoms with Crippen LogP contribution in [0.5, 0.6) is 0 Å². The predicted molar refractivity (Wildman–Crippen MR) is 79.5 cm³/mol. The van der Waals surface area contributed by atoms with Crippen LogP contribution in [-0.2, 0) is 12.0 Å². The van der Waals surface area contributed by atoms with Crippen LogP contribution in [0.15, 0.2) is 29.1 Å². The number of nitrogens with zero attached hydrogens (tertiary/aromatic N) is 2. The minimum atomic E-state index is -0.141. The van der Waals surface area contributed by atoms with Crippen LogP contribution in [0.25, 0.3) is 10.9 Å². The van der Waals surface area contributed by atoms with Crippen LogP contribution in [0.3, 0.4) is 0 Å². The third kappa shape index (κ3) is 2.70. The van der Waals surface area contributed by atoms with Gasteiger partial charge in [-0.05, 0) is 12.0 Å². The molecule has 3 nitrogen and oxygen atoms in total. The summed E-state index contributed by atoms with van der Waals surface area (Å²) < 4.78 is 1.79. The average Bonchev–Trinajstić information content (AvgIpc) is 2.30. The maximum Gasteiger partial charge on any atom is 0.348 e. The summed E-state index contributed by atoms with van der Waals surface area (Å²) in [5.41, 5.74) is 1.60. The molecule has 3 heteroatoms. The van der Waals surface area contributed by atoms with Crippen LogP contribution in [0.4, 0.5) is 0 Å². The third-order valence-electron chi connectivity index (χ3n) is 3.15. The fraction of sp³-hybridized carbons (Fsp3) is 0.500. The third-order valence-corrected chi connectivity index (χ3v) is 3.15. The van der Waals surface area contributed by atoms with Gasteiger partial charge in [0.05, 0.1) is 11.2 Å². The van der Waals surface area contributed by atoms with Gasteiger partial charge in [-0.1, -0.05) is 52.8 Å². The molecule has 0 radical (unpaired) electrons.